The third-order valence-electron chi connectivity index (χ3n) is 5.08. The summed E-state index contributed by atoms with van der Waals surface area (Å²) in [5.41, 5.74) is 0. The number of hydrogen-bond acceptors (Lipinski definition) is 2. The van der Waals surface area contributed by atoms with Crippen LogP contribution in [0.15, 0.2) is 0 Å². The fourth-order valence-electron chi connectivity index (χ4n) is 3.05. The number of unbranched alkanes of at least 4 members (excludes halogenated alkanes) is 15. The summed E-state index contributed by atoms with van der Waals surface area (Å²) in [6.07, 6.45) is 23.0. The summed E-state index contributed by atoms with van der Waals surface area (Å²) >= 11 is 0. The highest BCUT2D eigenvalue weighted by atomic mass is 16.5. The molecule has 0 radical (unpaired) electrons. The van der Waals surface area contributed by atoms with Crippen molar-refractivity contribution < 1.29 is 4.74 Å². The Hall–Kier alpha value is -0.0800. The average Bonchev–Trinajstić information content (AvgIpc) is 2.57. The van der Waals surface area contributed by atoms with E-state index in [1.54, 1.807) is 0 Å². The molecule has 0 heterocycles. The van der Waals surface area contributed by atoms with Gasteiger partial charge in [-0.1, -0.05) is 103 Å². The third-order valence-corrected chi connectivity index (χ3v) is 5.08. The van der Waals surface area contributed by atoms with Gasteiger partial charge in [0.2, 0.25) is 0 Å². The highest BCUT2D eigenvalue weighted by Gasteiger charge is 2.02. The van der Waals surface area contributed by atoms with Gasteiger partial charge in [-0.25, -0.2) is 0 Å². The van der Waals surface area contributed by atoms with Crippen LogP contribution in [0.2, 0.25) is 0 Å². The van der Waals surface area contributed by atoms with Gasteiger partial charge in [-0.15, -0.1) is 0 Å². The molecule has 146 valence electrons. The average molecular weight is 342 g/mol. The Morgan fingerprint density at radius 1 is 0.583 bits per heavy atom. The topological polar surface area (TPSA) is 12.5 Å². The summed E-state index contributed by atoms with van der Waals surface area (Å²) in [7, 11) is 4.14. The summed E-state index contributed by atoms with van der Waals surface area (Å²) in [4.78, 5) is 2.12. The van der Waals surface area contributed by atoms with Crippen molar-refractivity contribution in [2.24, 2.45) is 0 Å². The fourth-order valence-corrected chi connectivity index (χ4v) is 3.05. The molecule has 0 rings (SSSR count). The standard InChI is InChI=1S/C22H47NO/c1-5-6-7-8-9-10-11-12-13-14-15-16-17-18-19-20-21-24-22(2)23(3)4/h22H,5-21H2,1-4H3. The molecular weight excluding hydrogens is 294 g/mol. The van der Waals surface area contributed by atoms with Gasteiger partial charge in [-0.3, -0.25) is 4.90 Å². The maximum atomic E-state index is 5.75. The van der Waals surface area contributed by atoms with E-state index in [4.69, 9.17) is 4.74 Å². The summed E-state index contributed by atoms with van der Waals surface area (Å²) in [5, 5.41) is 0. The van der Waals surface area contributed by atoms with E-state index in [0.717, 1.165) is 6.61 Å². The number of nitrogens with zero attached hydrogens (tertiary/aromatic N) is 1. The molecule has 0 fully saturated rings. The predicted molar refractivity (Wildman–Crippen MR) is 109 cm³/mol. The van der Waals surface area contributed by atoms with Gasteiger partial charge in [0.25, 0.3) is 0 Å². The lowest BCUT2D eigenvalue weighted by atomic mass is 10.0. The molecular formula is C22H47NO. The zero-order chi connectivity index (χ0) is 17.9. The third kappa shape index (κ3) is 18.3. The highest BCUT2D eigenvalue weighted by molar-refractivity contribution is 4.50. The molecule has 0 amide bonds. The van der Waals surface area contributed by atoms with Crippen LogP contribution in [0.5, 0.6) is 0 Å². The molecule has 2 heteroatoms. The van der Waals surface area contributed by atoms with Crippen molar-refractivity contribution in [2.45, 2.75) is 123 Å². The van der Waals surface area contributed by atoms with Crippen molar-refractivity contribution in [3.8, 4) is 0 Å². The SMILES string of the molecule is CCCCCCCCCCCCCCCCCCOC(C)N(C)C. The van der Waals surface area contributed by atoms with Crippen LogP contribution in [0, 0.1) is 0 Å². The van der Waals surface area contributed by atoms with Crippen LogP contribution in [0.1, 0.15) is 117 Å². The van der Waals surface area contributed by atoms with E-state index in [9.17, 15) is 0 Å². The molecule has 0 aromatic carbocycles. The molecule has 1 unspecified atom stereocenters. The molecule has 0 aliphatic rings. The Labute approximate surface area is 153 Å². The van der Waals surface area contributed by atoms with Crippen LogP contribution in [0.25, 0.3) is 0 Å². The monoisotopic (exact) mass is 341 g/mol. The Morgan fingerprint density at radius 2 is 0.917 bits per heavy atom. The zero-order valence-electron chi connectivity index (χ0n) is 17.5. The Kier molecular flexibility index (Phi) is 19.2. The number of rotatable bonds is 19. The summed E-state index contributed by atoms with van der Waals surface area (Å²) in [6.45, 7) is 5.32. The minimum atomic E-state index is 0.251. The first kappa shape index (κ1) is 23.9. The van der Waals surface area contributed by atoms with Gasteiger partial charge in [0.1, 0.15) is 6.23 Å². The van der Waals surface area contributed by atoms with Crippen molar-refractivity contribution >= 4 is 0 Å². The number of ether oxygens (including phenoxy) is 1. The van der Waals surface area contributed by atoms with Gasteiger partial charge in [0.05, 0.1) is 0 Å². The second-order valence-electron chi connectivity index (χ2n) is 7.74. The molecule has 0 aromatic heterocycles. The molecule has 0 N–H and O–H groups in total. The van der Waals surface area contributed by atoms with Crippen LogP contribution >= 0.6 is 0 Å². The van der Waals surface area contributed by atoms with Gasteiger partial charge >= 0.3 is 0 Å². The van der Waals surface area contributed by atoms with E-state index < -0.39 is 0 Å². The molecule has 0 spiro atoms. The second-order valence-corrected chi connectivity index (χ2v) is 7.74. The van der Waals surface area contributed by atoms with Crippen LogP contribution in [0.4, 0.5) is 0 Å². The van der Waals surface area contributed by atoms with Gasteiger partial charge in [0, 0.05) is 6.61 Å². The second kappa shape index (κ2) is 19.2. The summed E-state index contributed by atoms with van der Waals surface area (Å²) in [6, 6.07) is 0. The smallest absolute Gasteiger partial charge is 0.107 e. The molecule has 0 bridgehead atoms. The van der Waals surface area contributed by atoms with Crippen molar-refractivity contribution in [3.63, 3.8) is 0 Å². The minimum absolute atomic E-state index is 0.251. The highest BCUT2D eigenvalue weighted by Crippen LogP contribution is 2.13. The van der Waals surface area contributed by atoms with Crippen LogP contribution < -0.4 is 0 Å². The molecule has 24 heavy (non-hydrogen) atoms. The van der Waals surface area contributed by atoms with Gasteiger partial charge < -0.3 is 4.74 Å². The molecule has 0 aromatic rings. The Morgan fingerprint density at radius 3 is 1.25 bits per heavy atom. The predicted octanol–water partition coefficient (Wildman–Crippen LogP) is 7.17. The van der Waals surface area contributed by atoms with E-state index in [2.05, 4.69) is 32.8 Å². The van der Waals surface area contributed by atoms with Gasteiger partial charge in [-0.2, -0.15) is 0 Å². The maximum absolute atomic E-state index is 5.75. The largest absolute Gasteiger partial charge is 0.363 e. The maximum Gasteiger partial charge on any atom is 0.107 e. The van der Waals surface area contributed by atoms with Crippen molar-refractivity contribution in [1.29, 1.82) is 0 Å². The lowest BCUT2D eigenvalue weighted by Gasteiger charge is -2.19. The van der Waals surface area contributed by atoms with Crippen LogP contribution in [-0.4, -0.2) is 31.8 Å². The number of hydrogen-bond donors (Lipinski definition) is 0. The van der Waals surface area contributed by atoms with Crippen molar-refractivity contribution in [2.75, 3.05) is 20.7 Å². The van der Waals surface area contributed by atoms with Crippen LogP contribution in [0.3, 0.4) is 0 Å². The Balaban J connectivity index is 3.03. The lowest BCUT2D eigenvalue weighted by Crippen LogP contribution is -2.27. The van der Waals surface area contributed by atoms with Crippen molar-refractivity contribution in [1.82, 2.24) is 4.90 Å². The first-order valence-corrected chi connectivity index (χ1v) is 11.0. The van der Waals surface area contributed by atoms with E-state index >= 15 is 0 Å². The van der Waals surface area contributed by atoms with E-state index in [1.165, 1.54) is 103 Å². The quantitative estimate of drug-likeness (QED) is 0.182. The molecule has 0 saturated heterocycles. The molecule has 0 aliphatic carbocycles. The first-order chi connectivity index (χ1) is 11.7. The fraction of sp³-hybridized carbons (Fsp3) is 1.00. The van der Waals surface area contributed by atoms with Crippen molar-refractivity contribution in [3.05, 3.63) is 0 Å². The first-order valence-electron chi connectivity index (χ1n) is 11.0. The zero-order valence-corrected chi connectivity index (χ0v) is 17.5. The summed E-state index contributed by atoms with van der Waals surface area (Å²) in [5.74, 6) is 0. The van der Waals surface area contributed by atoms with E-state index in [1.807, 2.05) is 0 Å². The molecule has 0 aliphatic heterocycles. The molecule has 1 atom stereocenters. The normalized spacial score (nSPS) is 12.9. The van der Waals surface area contributed by atoms with Gasteiger partial charge in [-0.05, 0) is 27.4 Å². The lowest BCUT2D eigenvalue weighted by molar-refractivity contribution is -0.0241. The van der Waals surface area contributed by atoms with E-state index in [-0.39, 0.29) is 6.23 Å². The molecule has 0 saturated carbocycles. The summed E-state index contributed by atoms with van der Waals surface area (Å²) < 4.78 is 5.75. The van der Waals surface area contributed by atoms with Crippen LogP contribution in [-0.2, 0) is 4.74 Å². The minimum Gasteiger partial charge on any atom is -0.363 e. The van der Waals surface area contributed by atoms with E-state index in [0.29, 0.717) is 0 Å². The Bertz CT molecular complexity index is 230. The molecule has 2 nitrogen and oxygen atoms in total. The van der Waals surface area contributed by atoms with Gasteiger partial charge in [0.15, 0.2) is 0 Å².